The molecule has 2 atom stereocenters. The minimum Gasteiger partial charge on any atom is -0.480 e. The Labute approximate surface area is 162 Å². The van der Waals surface area contributed by atoms with Gasteiger partial charge in [0.2, 0.25) is 0 Å². The van der Waals surface area contributed by atoms with E-state index in [1.807, 2.05) is 6.26 Å². The third-order valence-electron chi connectivity index (χ3n) is 2.36. The van der Waals surface area contributed by atoms with E-state index in [-0.39, 0.29) is 18.3 Å². The number of nitrogens with one attached hydrogen (secondary N) is 2. The minimum atomic E-state index is -3.80. The van der Waals surface area contributed by atoms with E-state index < -0.39 is 34.1 Å². The lowest BCUT2D eigenvalue weighted by Crippen LogP contribution is -2.34. The summed E-state index contributed by atoms with van der Waals surface area (Å²) in [6.07, 6.45) is 2.80. The first-order valence-corrected chi connectivity index (χ1v) is 10.5. The number of carboxylic acids is 2. The fraction of sp³-hybridized carbons (Fsp3) is 0.750. The number of carbonyl (C=O) groups is 2. The number of carboxylic acid groups (broad SMARTS) is 2. The molecule has 0 heterocycles. The topological polar surface area (TPSA) is 269 Å². The van der Waals surface area contributed by atoms with Crippen LogP contribution in [0, 0.1) is 5.41 Å². The van der Waals surface area contributed by atoms with Gasteiger partial charge in [-0.25, -0.2) is 0 Å². The van der Waals surface area contributed by atoms with Gasteiger partial charge in [-0.3, -0.25) is 19.6 Å². The third-order valence-corrected chi connectivity index (χ3v) is 3.81. The second kappa shape index (κ2) is 17.7. The lowest BCUT2D eigenvalue weighted by molar-refractivity contribution is -0.139. The van der Waals surface area contributed by atoms with Crippen LogP contribution in [0.25, 0.3) is 0 Å². The monoisotopic (exact) mass is 434 g/mol. The van der Waals surface area contributed by atoms with E-state index in [1.165, 1.54) is 11.8 Å². The van der Waals surface area contributed by atoms with Crippen LogP contribution in [-0.4, -0.2) is 84.0 Å². The Kier molecular flexibility index (Phi) is 19.8. The van der Waals surface area contributed by atoms with Gasteiger partial charge in [0, 0.05) is 18.8 Å². The molecule has 0 radical (unpaired) electrons. The molecule has 13 N–H and O–H groups in total. The van der Waals surface area contributed by atoms with Crippen molar-refractivity contribution < 1.29 is 32.8 Å². The molecule has 0 rings (SSSR count). The second-order valence-corrected chi connectivity index (χ2v) is 7.38. The van der Waals surface area contributed by atoms with Crippen molar-refractivity contribution in [2.24, 2.45) is 22.9 Å². The van der Waals surface area contributed by atoms with E-state index in [1.54, 1.807) is 0 Å². The van der Waals surface area contributed by atoms with Crippen molar-refractivity contribution in [1.82, 2.24) is 5.32 Å². The summed E-state index contributed by atoms with van der Waals surface area (Å²) in [4.78, 5) is 20.2. The lowest BCUT2D eigenvalue weighted by Gasteiger charge is -2.06. The van der Waals surface area contributed by atoms with E-state index in [0.29, 0.717) is 25.1 Å². The van der Waals surface area contributed by atoms with Crippen LogP contribution in [-0.2, 0) is 19.7 Å². The Morgan fingerprint density at radius 3 is 1.89 bits per heavy atom. The Balaban J connectivity index is -0.000000336. The van der Waals surface area contributed by atoms with Crippen LogP contribution < -0.4 is 28.3 Å². The number of aliphatic carboxylic acids is 2. The Morgan fingerprint density at radius 1 is 1.19 bits per heavy atom. The average molecular weight is 435 g/mol. The predicted molar refractivity (Wildman–Crippen MR) is 104 cm³/mol. The van der Waals surface area contributed by atoms with Crippen LogP contribution in [0.5, 0.6) is 0 Å². The number of rotatable bonds is 10. The maximum atomic E-state index is 10.2. The Morgan fingerprint density at radius 2 is 1.67 bits per heavy atom. The molecule has 0 aromatic carbocycles. The van der Waals surface area contributed by atoms with Crippen LogP contribution in [0.4, 0.5) is 0 Å². The number of hydrogen-bond donors (Lipinski definition) is 9. The highest BCUT2D eigenvalue weighted by Gasteiger charge is 2.09. The predicted octanol–water partition coefficient (Wildman–Crippen LogP) is -2.74. The molecule has 27 heavy (non-hydrogen) atoms. The Bertz CT molecular complexity index is 532. The van der Waals surface area contributed by atoms with Gasteiger partial charge in [-0.05, 0) is 19.1 Å². The molecule has 0 bridgehead atoms. The molecule has 0 aliphatic rings. The highest BCUT2D eigenvalue weighted by Crippen LogP contribution is 1.93. The van der Waals surface area contributed by atoms with E-state index in [0.717, 1.165) is 0 Å². The fourth-order valence-electron chi connectivity index (χ4n) is 1.07. The molecule has 0 amide bonds. The fourth-order valence-corrected chi connectivity index (χ4v) is 1.87. The molecule has 15 heteroatoms. The van der Waals surface area contributed by atoms with E-state index in [9.17, 15) is 18.0 Å². The molecule has 0 unspecified atom stereocenters. The van der Waals surface area contributed by atoms with E-state index in [2.05, 4.69) is 5.32 Å². The first-order valence-electron chi connectivity index (χ1n) is 7.47. The first-order chi connectivity index (χ1) is 12.3. The zero-order valence-electron chi connectivity index (χ0n) is 15.0. The molecule has 0 aliphatic carbocycles. The lowest BCUT2D eigenvalue weighted by atomic mass is 10.2. The molecule has 0 fully saturated rings. The maximum Gasteiger partial charge on any atom is 0.321 e. The van der Waals surface area contributed by atoms with Crippen molar-refractivity contribution >= 4 is 39.8 Å². The summed E-state index contributed by atoms with van der Waals surface area (Å²) in [6.45, 7) is 0.454. The zero-order chi connectivity index (χ0) is 22.0. The molecular weight excluding hydrogens is 404 g/mol. The van der Waals surface area contributed by atoms with Crippen molar-refractivity contribution in [2.75, 3.05) is 30.9 Å². The quantitative estimate of drug-likeness (QED) is 0.0731. The van der Waals surface area contributed by atoms with Crippen molar-refractivity contribution in [1.29, 1.82) is 5.41 Å². The first kappa shape index (κ1) is 30.1. The molecular formula is C12H30N6O7S2. The molecule has 0 aliphatic heterocycles. The zero-order valence-corrected chi connectivity index (χ0v) is 16.6. The molecule has 0 aromatic rings. The Hall–Kier alpha value is -1.65. The summed E-state index contributed by atoms with van der Waals surface area (Å²) >= 11 is 1.43. The third kappa shape index (κ3) is 29.4. The summed E-state index contributed by atoms with van der Waals surface area (Å²) < 4.78 is 27.3. The molecule has 162 valence electrons. The van der Waals surface area contributed by atoms with Gasteiger partial charge in [0.1, 0.15) is 12.1 Å². The van der Waals surface area contributed by atoms with Crippen LogP contribution in [0.2, 0.25) is 0 Å². The summed E-state index contributed by atoms with van der Waals surface area (Å²) in [5, 5.41) is 25.9. The van der Waals surface area contributed by atoms with Crippen molar-refractivity contribution in [3.63, 3.8) is 0 Å². The minimum absolute atomic E-state index is 0.0289. The van der Waals surface area contributed by atoms with Crippen molar-refractivity contribution in [3.05, 3.63) is 0 Å². The van der Waals surface area contributed by atoms with E-state index in [4.69, 9.17) is 43.1 Å². The van der Waals surface area contributed by atoms with Gasteiger partial charge in [-0.15, -0.1) is 0 Å². The van der Waals surface area contributed by atoms with Gasteiger partial charge < -0.3 is 38.5 Å². The van der Waals surface area contributed by atoms with Gasteiger partial charge in [-0.2, -0.15) is 20.2 Å². The smallest absolute Gasteiger partial charge is 0.321 e. The van der Waals surface area contributed by atoms with E-state index >= 15 is 0 Å². The number of nitrogens with two attached hydrogens (primary N) is 4. The molecule has 0 saturated carbocycles. The van der Waals surface area contributed by atoms with Gasteiger partial charge in [0.25, 0.3) is 10.1 Å². The van der Waals surface area contributed by atoms with Gasteiger partial charge >= 0.3 is 11.9 Å². The highest BCUT2D eigenvalue weighted by atomic mass is 32.2. The summed E-state index contributed by atoms with van der Waals surface area (Å²) in [7, 11) is -3.80. The van der Waals surface area contributed by atoms with Gasteiger partial charge in [0.05, 0.1) is 5.75 Å². The van der Waals surface area contributed by atoms with Crippen molar-refractivity contribution in [2.45, 2.75) is 24.9 Å². The van der Waals surface area contributed by atoms with Crippen LogP contribution >= 0.6 is 11.8 Å². The standard InChI is InChI=1S/C6H14N4O2.C4H9NO2S.C2H7NO3S/c7-4(5(11)12)2-1-3-10-6(8)9;1-8-2-3(5)4(6)7;3-1-2-7(4,5)6/h4H,1-3,7H2,(H,11,12)(H4,8,9,10);3H,2,5H2,1H3,(H,6,7);1-3H2,(H,4,5,6)/t4-;3-;/m00./s1. The summed E-state index contributed by atoms with van der Waals surface area (Å²) in [6, 6.07) is -1.52. The molecule has 13 nitrogen and oxygen atoms in total. The van der Waals surface area contributed by atoms with Crippen molar-refractivity contribution in [3.8, 4) is 0 Å². The number of guanidine groups is 1. The average Bonchev–Trinajstić information content (AvgIpc) is 2.51. The number of thioether (sulfide) groups is 1. The highest BCUT2D eigenvalue weighted by molar-refractivity contribution is 7.98. The van der Waals surface area contributed by atoms with Crippen LogP contribution in [0.15, 0.2) is 0 Å². The van der Waals surface area contributed by atoms with Gasteiger partial charge in [-0.1, -0.05) is 0 Å². The largest absolute Gasteiger partial charge is 0.480 e. The maximum absolute atomic E-state index is 10.2. The number of hydrogen-bond acceptors (Lipinski definition) is 9. The SMILES string of the molecule is CSC[C@H](N)C(=O)O.N=C(N)NCCC[C@H](N)C(=O)O.NCCS(=O)(=O)O. The van der Waals surface area contributed by atoms with Crippen LogP contribution in [0.1, 0.15) is 12.8 Å². The molecule has 0 spiro atoms. The van der Waals surface area contributed by atoms with Crippen LogP contribution in [0.3, 0.4) is 0 Å². The summed E-state index contributed by atoms with van der Waals surface area (Å²) in [5.74, 6) is -1.92. The summed E-state index contributed by atoms with van der Waals surface area (Å²) in [5.41, 5.74) is 20.1. The van der Waals surface area contributed by atoms with Gasteiger partial charge in [0.15, 0.2) is 5.96 Å². The normalized spacial score (nSPS) is 12.3. The second-order valence-electron chi connectivity index (χ2n) is 4.90. The molecule has 0 saturated heterocycles. The molecule has 0 aromatic heterocycles.